The minimum atomic E-state index is 0.755. The van der Waals surface area contributed by atoms with Crippen molar-refractivity contribution >= 4 is 11.3 Å². The highest BCUT2D eigenvalue weighted by atomic mass is 32.1. The van der Waals surface area contributed by atoms with Gasteiger partial charge in [-0.1, -0.05) is 19.9 Å². The van der Waals surface area contributed by atoms with Gasteiger partial charge >= 0.3 is 0 Å². The Bertz CT molecular complexity index is 153. The number of hydrogen-bond donors (Lipinski definition) is 0. The molecule has 1 rings (SSSR count). The van der Waals surface area contributed by atoms with Crippen molar-refractivity contribution in [1.29, 1.82) is 0 Å². The zero-order chi connectivity index (χ0) is 6.69. The molecular weight excluding hydrogens is 128 g/mol. The Labute approximate surface area is 60.5 Å². The topological polar surface area (TPSA) is 0 Å². The third kappa shape index (κ3) is 1.55. The van der Waals surface area contributed by atoms with Crippen LogP contribution in [-0.4, -0.2) is 0 Å². The highest BCUT2D eigenvalue weighted by Gasteiger charge is 2.00. The Morgan fingerprint density at radius 3 is 2.89 bits per heavy atom. The van der Waals surface area contributed by atoms with Crippen LogP contribution in [0.25, 0.3) is 0 Å². The standard InChI is InChI=1S/C8H12S/c1-3-7(2)8-5-4-6-9-8/h4-7H,3H2,1-2H3. The number of thiophene rings is 1. The fraction of sp³-hybridized carbons (Fsp3) is 0.500. The van der Waals surface area contributed by atoms with Crippen molar-refractivity contribution in [2.75, 3.05) is 0 Å². The Hall–Kier alpha value is -0.300. The van der Waals surface area contributed by atoms with Crippen LogP contribution < -0.4 is 0 Å². The summed E-state index contributed by atoms with van der Waals surface area (Å²) in [5, 5.41) is 2.14. The minimum absolute atomic E-state index is 0.755. The summed E-state index contributed by atoms with van der Waals surface area (Å²) in [6.45, 7) is 4.50. The zero-order valence-electron chi connectivity index (χ0n) is 5.92. The Kier molecular flexibility index (Phi) is 2.29. The maximum Gasteiger partial charge on any atom is 0.00733 e. The van der Waals surface area contributed by atoms with Crippen molar-refractivity contribution in [1.82, 2.24) is 0 Å². The lowest BCUT2D eigenvalue weighted by Crippen LogP contribution is -1.84. The van der Waals surface area contributed by atoms with Crippen LogP contribution in [-0.2, 0) is 0 Å². The number of rotatable bonds is 2. The summed E-state index contributed by atoms with van der Waals surface area (Å²) < 4.78 is 0. The first-order chi connectivity index (χ1) is 4.34. The van der Waals surface area contributed by atoms with Gasteiger partial charge in [-0.3, -0.25) is 0 Å². The lowest BCUT2D eigenvalue weighted by molar-refractivity contribution is 0.748. The van der Waals surface area contributed by atoms with Crippen LogP contribution in [0.1, 0.15) is 31.1 Å². The molecule has 0 radical (unpaired) electrons. The fourth-order valence-corrected chi connectivity index (χ4v) is 1.64. The van der Waals surface area contributed by atoms with Crippen molar-refractivity contribution in [2.45, 2.75) is 26.2 Å². The minimum Gasteiger partial charge on any atom is -0.149 e. The fourth-order valence-electron chi connectivity index (χ4n) is 0.773. The van der Waals surface area contributed by atoms with Crippen LogP contribution in [0.4, 0.5) is 0 Å². The summed E-state index contributed by atoms with van der Waals surface area (Å²) in [6.07, 6.45) is 1.25. The van der Waals surface area contributed by atoms with Crippen LogP contribution in [0.15, 0.2) is 17.5 Å². The van der Waals surface area contributed by atoms with Gasteiger partial charge in [0.2, 0.25) is 0 Å². The van der Waals surface area contributed by atoms with E-state index in [-0.39, 0.29) is 0 Å². The number of hydrogen-bond acceptors (Lipinski definition) is 1. The van der Waals surface area contributed by atoms with E-state index < -0.39 is 0 Å². The van der Waals surface area contributed by atoms with Gasteiger partial charge in [0.15, 0.2) is 0 Å². The first kappa shape index (κ1) is 6.81. The first-order valence-corrected chi connectivity index (χ1v) is 4.26. The van der Waals surface area contributed by atoms with Crippen molar-refractivity contribution in [3.05, 3.63) is 22.4 Å². The molecule has 1 heterocycles. The van der Waals surface area contributed by atoms with E-state index in [1.54, 1.807) is 0 Å². The normalized spacial score (nSPS) is 13.6. The van der Waals surface area contributed by atoms with Gasteiger partial charge in [0, 0.05) is 4.88 Å². The van der Waals surface area contributed by atoms with Gasteiger partial charge in [-0.2, -0.15) is 0 Å². The van der Waals surface area contributed by atoms with Crippen LogP contribution in [0.5, 0.6) is 0 Å². The molecule has 0 spiro atoms. The summed E-state index contributed by atoms with van der Waals surface area (Å²) in [4.78, 5) is 1.51. The van der Waals surface area contributed by atoms with E-state index >= 15 is 0 Å². The van der Waals surface area contributed by atoms with Crippen molar-refractivity contribution in [3.8, 4) is 0 Å². The molecule has 1 unspecified atom stereocenters. The predicted octanol–water partition coefficient (Wildman–Crippen LogP) is 3.26. The molecule has 1 aromatic heterocycles. The molecule has 0 aliphatic rings. The van der Waals surface area contributed by atoms with E-state index in [9.17, 15) is 0 Å². The first-order valence-electron chi connectivity index (χ1n) is 3.38. The molecule has 0 amide bonds. The molecule has 1 aromatic rings. The average molecular weight is 140 g/mol. The molecule has 0 saturated carbocycles. The van der Waals surface area contributed by atoms with Crippen LogP contribution in [0.2, 0.25) is 0 Å². The van der Waals surface area contributed by atoms with E-state index in [0.717, 1.165) is 5.92 Å². The summed E-state index contributed by atoms with van der Waals surface area (Å²) in [5.41, 5.74) is 0. The van der Waals surface area contributed by atoms with Gasteiger partial charge in [0.25, 0.3) is 0 Å². The van der Waals surface area contributed by atoms with Crippen LogP contribution >= 0.6 is 11.3 Å². The van der Waals surface area contributed by atoms with E-state index in [2.05, 4.69) is 31.4 Å². The average Bonchev–Trinajstić information content (AvgIpc) is 2.37. The SMILES string of the molecule is CCC(C)c1cccs1. The second kappa shape index (κ2) is 3.02. The van der Waals surface area contributed by atoms with Gasteiger partial charge in [-0.25, -0.2) is 0 Å². The van der Waals surface area contributed by atoms with Crippen molar-refractivity contribution < 1.29 is 0 Å². The molecule has 0 fully saturated rings. The van der Waals surface area contributed by atoms with Gasteiger partial charge in [0.05, 0.1) is 0 Å². The lowest BCUT2D eigenvalue weighted by atomic mass is 10.1. The molecule has 0 aliphatic carbocycles. The molecule has 1 heteroatoms. The second-order valence-corrected chi connectivity index (χ2v) is 3.30. The Morgan fingerprint density at radius 1 is 1.67 bits per heavy atom. The molecular formula is C8H12S. The third-order valence-electron chi connectivity index (χ3n) is 1.64. The van der Waals surface area contributed by atoms with Gasteiger partial charge in [0.1, 0.15) is 0 Å². The molecule has 1 atom stereocenters. The molecule has 0 bridgehead atoms. The van der Waals surface area contributed by atoms with Gasteiger partial charge in [-0.15, -0.1) is 11.3 Å². The molecule has 50 valence electrons. The van der Waals surface area contributed by atoms with Crippen molar-refractivity contribution in [2.24, 2.45) is 0 Å². The Morgan fingerprint density at radius 2 is 2.44 bits per heavy atom. The zero-order valence-corrected chi connectivity index (χ0v) is 6.74. The molecule has 0 N–H and O–H groups in total. The third-order valence-corrected chi connectivity index (χ3v) is 2.75. The van der Waals surface area contributed by atoms with Crippen molar-refractivity contribution in [3.63, 3.8) is 0 Å². The predicted molar refractivity (Wildman–Crippen MR) is 43.0 cm³/mol. The maximum absolute atomic E-state index is 2.27. The van der Waals surface area contributed by atoms with E-state index in [0.29, 0.717) is 0 Å². The second-order valence-electron chi connectivity index (χ2n) is 2.32. The van der Waals surface area contributed by atoms with E-state index in [1.807, 2.05) is 11.3 Å². The molecule has 9 heavy (non-hydrogen) atoms. The van der Waals surface area contributed by atoms with Gasteiger partial charge < -0.3 is 0 Å². The highest BCUT2D eigenvalue weighted by Crippen LogP contribution is 2.22. The van der Waals surface area contributed by atoms with E-state index in [1.165, 1.54) is 11.3 Å². The summed E-state index contributed by atoms with van der Waals surface area (Å²) >= 11 is 1.86. The van der Waals surface area contributed by atoms with Crippen LogP contribution in [0, 0.1) is 0 Å². The van der Waals surface area contributed by atoms with Gasteiger partial charge in [-0.05, 0) is 23.8 Å². The largest absolute Gasteiger partial charge is 0.149 e. The Balaban J connectivity index is 2.65. The monoisotopic (exact) mass is 140 g/mol. The van der Waals surface area contributed by atoms with E-state index in [4.69, 9.17) is 0 Å². The molecule has 0 aromatic carbocycles. The smallest absolute Gasteiger partial charge is 0.00733 e. The summed E-state index contributed by atoms with van der Waals surface area (Å²) in [7, 11) is 0. The molecule has 0 aliphatic heterocycles. The highest BCUT2D eigenvalue weighted by molar-refractivity contribution is 7.10. The molecule has 0 nitrogen and oxygen atoms in total. The summed E-state index contributed by atoms with van der Waals surface area (Å²) in [6, 6.07) is 4.32. The maximum atomic E-state index is 2.27. The quantitative estimate of drug-likeness (QED) is 0.591. The summed E-state index contributed by atoms with van der Waals surface area (Å²) in [5.74, 6) is 0.755. The van der Waals surface area contributed by atoms with Crippen LogP contribution in [0.3, 0.4) is 0 Å². The molecule has 0 saturated heterocycles. The lowest BCUT2D eigenvalue weighted by Gasteiger charge is -2.02.